The van der Waals surface area contributed by atoms with Crippen LogP contribution in [0.25, 0.3) is 0 Å². The van der Waals surface area contributed by atoms with Crippen molar-refractivity contribution in [1.82, 2.24) is 19.8 Å². The van der Waals surface area contributed by atoms with Crippen molar-refractivity contribution in [3.63, 3.8) is 0 Å². The Labute approximate surface area is 200 Å². The molecule has 1 aliphatic rings. The zero-order valence-electron chi connectivity index (χ0n) is 18.6. The van der Waals surface area contributed by atoms with E-state index in [0.29, 0.717) is 12.1 Å². The first-order valence-corrected chi connectivity index (χ1v) is 11.0. The molecule has 5 rings (SSSR count). The number of fused-ring (bicyclic) bond motifs is 1. The van der Waals surface area contributed by atoms with Crippen molar-refractivity contribution < 1.29 is 18.8 Å². The number of nitrogens with zero attached hydrogens (tertiary/aromatic N) is 3. The fourth-order valence-electron chi connectivity index (χ4n) is 4.06. The minimum Gasteiger partial charge on any atom is -0.348 e. The zero-order chi connectivity index (χ0) is 24.4. The highest BCUT2D eigenvalue weighted by Crippen LogP contribution is 2.26. The minimum atomic E-state index is -0.425. The van der Waals surface area contributed by atoms with E-state index in [1.165, 1.54) is 29.2 Å². The van der Waals surface area contributed by atoms with Crippen molar-refractivity contribution in [1.29, 1.82) is 0 Å². The van der Waals surface area contributed by atoms with Gasteiger partial charge in [0.1, 0.15) is 5.82 Å². The van der Waals surface area contributed by atoms with Crippen LogP contribution in [0.15, 0.2) is 85.5 Å². The molecule has 0 unspecified atom stereocenters. The third-order valence-corrected chi connectivity index (χ3v) is 5.89. The van der Waals surface area contributed by atoms with Crippen molar-refractivity contribution in [2.75, 3.05) is 0 Å². The Morgan fingerprint density at radius 3 is 2.46 bits per heavy atom. The molecule has 0 bridgehead atoms. The van der Waals surface area contributed by atoms with Crippen molar-refractivity contribution in [2.24, 2.45) is 0 Å². The summed E-state index contributed by atoms with van der Waals surface area (Å²) in [5.41, 5.74) is 2.82. The number of hydrogen-bond donors (Lipinski definition) is 1. The lowest BCUT2D eigenvalue weighted by Gasteiger charge is -2.13. The molecule has 3 aromatic carbocycles. The van der Waals surface area contributed by atoms with Crippen molar-refractivity contribution in [3.8, 4) is 0 Å². The van der Waals surface area contributed by atoms with E-state index in [0.717, 1.165) is 11.1 Å². The van der Waals surface area contributed by atoms with Crippen LogP contribution in [0.5, 0.6) is 0 Å². The first kappa shape index (κ1) is 22.2. The van der Waals surface area contributed by atoms with Gasteiger partial charge in [0.2, 0.25) is 0 Å². The highest BCUT2D eigenvalue weighted by molar-refractivity contribution is 6.22. The number of carbonyl (C=O) groups excluding carboxylic acids is 3. The van der Waals surface area contributed by atoms with Crippen LogP contribution >= 0.6 is 0 Å². The fourth-order valence-corrected chi connectivity index (χ4v) is 4.06. The summed E-state index contributed by atoms with van der Waals surface area (Å²) in [6.07, 6.45) is 4.97. The van der Waals surface area contributed by atoms with Crippen LogP contribution < -0.4 is 5.32 Å². The summed E-state index contributed by atoms with van der Waals surface area (Å²) in [7, 11) is 0. The van der Waals surface area contributed by atoms with Crippen LogP contribution in [0.4, 0.5) is 4.39 Å². The van der Waals surface area contributed by atoms with Gasteiger partial charge < -0.3 is 9.88 Å². The summed E-state index contributed by atoms with van der Waals surface area (Å²) >= 11 is 0. The zero-order valence-corrected chi connectivity index (χ0v) is 18.6. The van der Waals surface area contributed by atoms with Gasteiger partial charge in [-0.05, 0) is 41.5 Å². The number of imide groups is 1. The predicted octanol–water partition coefficient (Wildman–Crippen LogP) is 3.80. The van der Waals surface area contributed by atoms with E-state index in [4.69, 9.17) is 0 Å². The lowest BCUT2D eigenvalue weighted by Crippen LogP contribution is -2.29. The largest absolute Gasteiger partial charge is 0.348 e. The van der Waals surface area contributed by atoms with Crippen LogP contribution in [-0.2, 0) is 19.6 Å². The van der Waals surface area contributed by atoms with Crippen molar-refractivity contribution >= 4 is 17.7 Å². The Bertz CT molecular complexity index is 1420. The van der Waals surface area contributed by atoms with Gasteiger partial charge in [-0.2, -0.15) is 0 Å². The molecule has 4 aromatic rings. The van der Waals surface area contributed by atoms with Gasteiger partial charge in [0.25, 0.3) is 17.7 Å². The molecule has 1 aliphatic heterocycles. The average Bonchev–Trinajstić information content (AvgIpc) is 3.47. The maximum Gasteiger partial charge on any atom is 0.261 e. The molecule has 1 N–H and O–H groups in total. The van der Waals surface area contributed by atoms with Gasteiger partial charge in [0, 0.05) is 30.1 Å². The number of rotatable bonds is 7. The number of halogens is 1. The maximum absolute atomic E-state index is 14.2. The quantitative estimate of drug-likeness (QED) is 0.418. The fraction of sp³-hybridized carbons (Fsp3) is 0.111. The molecule has 1 aromatic heterocycles. The number of amides is 3. The summed E-state index contributed by atoms with van der Waals surface area (Å²) in [5.74, 6) is -1.53. The number of aromatic nitrogens is 2. The van der Waals surface area contributed by atoms with E-state index in [1.807, 2.05) is 30.3 Å². The molecule has 0 saturated carbocycles. The second kappa shape index (κ2) is 9.34. The van der Waals surface area contributed by atoms with E-state index in [9.17, 15) is 18.8 Å². The van der Waals surface area contributed by atoms with E-state index in [-0.39, 0.29) is 41.5 Å². The summed E-state index contributed by atoms with van der Waals surface area (Å²) in [5, 5.41) is 2.80. The predicted molar refractivity (Wildman–Crippen MR) is 126 cm³/mol. The van der Waals surface area contributed by atoms with Crippen LogP contribution in [-0.4, -0.2) is 32.2 Å². The minimum absolute atomic E-state index is 0.167. The maximum atomic E-state index is 14.2. The lowest BCUT2D eigenvalue weighted by atomic mass is 10.0. The van der Waals surface area contributed by atoms with Crippen LogP contribution in [0.2, 0.25) is 0 Å². The van der Waals surface area contributed by atoms with Gasteiger partial charge in [-0.25, -0.2) is 9.37 Å². The van der Waals surface area contributed by atoms with E-state index in [1.54, 1.807) is 35.4 Å². The molecule has 0 radical (unpaired) electrons. The number of hydrogen-bond acceptors (Lipinski definition) is 4. The van der Waals surface area contributed by atoms with Gasteiger partial charge in [0.15, 0.2) is 0 Å². The first-order valence-electron chi connectivity index (χ1n) is 11.0. The monoisotopic (exact) mass is 468 g/mol. The van der Waals surface area contributed by atoms with Gasteiger partial charge in [-0.1, -0.05) is 36.4 Å². The Kier molecular flexibility index (Phi) is 5.93. The SMILES string of the molecule is O=C(NCc1ccc(F)c(Cn2ccnc2)c1)c1ccc2c(c1)C(=O)N(Cc1ccccc1)C2=O. The number of imidazole rings is 1. The molecule has 3 amide bonds. The molecule has 0 aliphatic carbocycles. The normalized spacial score (nSPS) is 12.7. The Morgan fingerprint density at radius 1 is 0.886 bits per heavy atom. The third kappa shape index (κ3) is 4.59. The standard InChI is InChI=1S/C27H21FN4O3/c28-24-9-6-19(12-21(24)16-31-11-10-29-17-31)14-30-25(33)20-7-8-22-23(13-20)27(35)32(26(22)34)15-18-4-2-1-3-5-18/h1-13,17H,14-16H2,(H,30,33). The molecular formula is C27H21FN4O3. The van der Waals surface area contributed by atoms with Crippen LogP contribution in [0.1, 0.15) is 47.8 Å². The molecular weight excluding hydrogens is 447 g/mol. The third-order valence-electron chi connectivity index (χ3n) is 5.89. The van der Waals surface area contributed by atoms with E-state index < -0.39 is 11.8 Å². The molecule has 0 atom stereocenters. The highest BCUT2D eigenvalue weighted by Gasteiger charge is 2.36. The van der Waals surface area contributed by atoms with Gasteiger partial charge in [0.05, 0.1) is 30.5 Å². The topological polar surface area (TPSA) is 84.3 Å². The number of benzene rings is 3. The van der Waals surface area contributed by atoms with Crippen LogP contribution in [0, 0.1) is 5.82 Å². The van der Waals surface area contributed by atoms with Crippen LogP contribution in [0.3, 0.4) is 0 Å². The van der Waals surface area contributed by atoms with Crippen molar-refractivity contribution in [3.05, 3.63) is 125 Å². The average molecular weight is 468 g/mol. The van der Waals surface area contributed by atoms with E-state index in [2.05, 4.69) is 10.3 Å². The second-order valence-corrected chi connectivity index (χ2v) is 8.29. The summed E-state index contributed by atoms with van der Waals surface area (Å²) in [6, 6.07) is 18.4. The smallest absolute Gasteiger partial charge is 0.261 e. The Hall–Kier alpha value is -4.59. The summed E-state index contributed by atoms with van der Waals surface area (Å²) in [6.45, 7) is 0.675. The first-order chi connectivity index (χ1) is 17.0. The second-order valence-electron chi connectivity index (χ2n) is 8.29. The molecule has 0 fully saturated rings. The Morgan fingerprint density at radius 2 is 1.69 bits per heavy atom. The molecule has 35 heavy (non-hydrogen) atoms. The lowest BCUT2D eigenvalue weighted by molar-refractivity contribution is 0.0642. The summed E-state index contributed by atoms with van der Waals surface area (Å²) in [4.78, 5) is 43.6. The molecule has 7 nitrogen and oxygen atoms in total. The van der Waals surface area contributed by atoms with Gasteiger partial charge >= 0.3 is 0 Å². The molecule has 0 spiro atoms. The Balaban J connectivity index is 1.27. The molecule has 2 heterocycles. The van der Waals surface area contributed by atoms with E-state index >= 15 is 0 Å². The summed E-state index contributed by atoms with van der Waals surface area (Å²) < 4.78 is 16.0. The highest BCUT2D eigenvalue weighted by atomic mass is 19.1. The van der Waals surface area contributed by atoms with Gasteiger partial charge in [-0.15, -0.1) is 0 Å². The van der Waals surface area contributed by atoms with Crippen molar-refractivity contribution in [2.45, 2.75) is 19.6 Å². The molecule has 8 heteroatoms. The van der Waals surface area contributed by atoms with Gasteiger partial charge in [-0.3, -0.25) is 19.3 Å². The molecule has 174 valence electrons. The number of carbonyl (C=O) groups is 3. The number of nitrogens with one attached hydrogen (secondary N) is 1. The molecule has 0 saturated heterocycles.